The van der Waals surface area contributed by atoms with Gasteiger partial charge in [0.25, 0.3) is 0 Å². The Labute approximate surface area is 128 Å². The first-order chi connectivity index (χ1) is 9.75. The molecule has 1 N–H and O–H groups in total. The number of fused-ring (bicyclic) bond motifs is 1. The lowest BCUT2D eigenvalue weighted by atomic mass is 9.93. The van der Waals surface area contributed by atoms with Crippen LogP contribution in [-0.2, 0) is 0 Å². The second-order valence-electron chi connectivity index (χ2n) is 7.57. The zero-order valence-corrected chi connectivity index (χ0v) is 13.9. The molecule has 2 heteroatoms. The molecule has 2 aromatic rings. The van der Waals surface area contributed by atoms with Gasteiger partial charge >= 0.3 is 0 Å². The number of ether oxygens (including phenoxy) is 1. The van der Waals surface area contributed by atoms with Crippen LogP contribution >= 0.6 is 0 Å². The number of nitrogens with one attached hydrogen (secondary N) is 1. The van der Waals surface area contributed by atoms with Gasteiger partial charge in [-0.3, -0.25) is 0 Å². The van der Waals surface area contributed by atoms with E-state index in [2.05, 4.69) is 82.4 Å². The van der Waals surface area contributed by atoms with Crippen molar-refractivity contribution in [1.29, 1.82) is 0 Å². The Morgan fingerprint density at radius 2 is 1.57 bits per heavy atom. The Balaban J connectivity index is 1.97. The predicted molar refractivity (Wildman–Crippen MR) is 91.0 cm³/mol. The summed E-state index contributed by atoms with van der Waals surface area (Å²) in [5, 5.41) is 6.02. The summed E-state index contributed by atoms with van der Waals surface area (Å²) < 4.78 is 6.00. The van der Waals surface area contributed by atoms with Crippen molar-refractivity contribution < 1.29 is 4.74 Å². The molecule has 114 valence electrons. The summed E-state index contributed by atoms with van der Waals surface area (Å²) in [6, 6.07) is 14.6. The third-order valence-corrected chi connectivity index (χ3v) is 3.45. The second kappa shape index (κ2) is 6.07. The van der Waals surface area contributed by atoms with Crippen molar-refractivity contribution in [3.05, 3.63) is 42.5 Å². The minimum absolute atomic E-state index is 0.0962. The molecule has 0 fully saturated rings. The lowest BCUT2D eigenvalue weighted by molar-refractivity contribution is 0.166. The molecule has 21 heavy (non-hydrogen) atoms. The summed E-state index contributed by atoms with van der Waals surface area (Å²) in [5.41, 5.74) is 0.235. The number of hydrogen-bond donors (Lipinski definition) is 1. The van der Waals surface area contributed by atoms with Crippen LogP contribution in [0.5, 0.6) is 5.75 Å². The van der Waals surface area contributed by atoms with Gasteiger partial charge in [0.1, 0.15) is 5.75 Å². The molecule has 2 nitrogen and oxygen atoms in total. The predicted octanol–water partition coefficient (Wildman–Crippen LogP) is 4.63. The highest BCUT2D eigenvalue weighted by Gasteiger charge is 2.21. The molecule has 0 aromatic heterocycles. The minimum atomic E-state index is 0.0962. The third-order valence-electron chi connectivity index (χ3n) is 3.45. The van der Waals surface area contributed by atoms with Crippen LogP contribution in [0, 0.1) is 5.41 Å². The van der Waals surface area contributed by atoms with Gasteiger partial charge in [-0.25, -0.2) is 0 Å². The minimum Gasteiger partial charge on any atom is -0.493 e. The number of rotatable bonds is 5. The Bertz CT molecular complexity index is 596. The molecule has 2 aromatic carbocycles. The standard InChI is InChI=1S/C19H27NO/c1-18(2,3)20-13-19(4,5)14-21-17-11-10-15-8-6-7-9-16(15)12-17/h6-12,20H,13-14H2,1-5H3. The van der Waals surface area contributed by atoms with E-state index in [9.17, 15) is 0 Å². The zero-order chi connectivity index (χ0) is 15.5. The van der Waals surface area contributed by atoms with Gasteiger partial charge in [-0.1, -0.05) is 44.2 Å². The number of benzene rings is 2. The van der Waals surface area contributed by atoms with Crippen LogP contribution in [0.3, 0.4) is 0 Å². The van der Waals surface area contributed by atoms with E-state index in [0.717, 1.165) is 12.3 Å². The molecule has 0 aliphatic carbocycles. The largest absolute Gasteiger partial charge is 0.493 e. The molecule has 0 amide bonds. The molecule has 0 aliphatic heterocycles. The van der Waals surface area contributed by atoms with E-state index >= 15 is 0 Å². The van der Waals surface area contributed by atoms with Gasteiger partial charge in [-0.2, -0.15) is 0 Å². The molecule has 0 saturated heterocycles. The summed E-state index contributed by atoms with van der Waals surface area (Å²) in [6.45, 7) is 12.7. The molecule has 0 aliphatic rings. The van der Waals surface area contributed by atoms with E-state index < -0.39 is 0 Å². The van der Waals surface area contributed by atoms with E-state index in [1.165, 1.54) is 10.8 Å². The molecule has 0 radical (unpaired) electrons. The van der Waals surface area contributed by atoms with Crippen molar-refractivity contribution >= 4 is 10.8 Å². The fraction of sp³-hybridized carbons (Fsp3) is 0.474. The van der Waals surface area contributed by atoms with Crippen molar-refractivity contribution in [3.8, 4) is 5.75 Å². The van der Waals surface area contributed by atoms with Gasteiger partial charge in [-0.15, -0.1) is 0 Å². The quantitative estimate of drug-likeness (QED) is 0.864. The van der Waals surface area contributed by atoms with E-state index in [-0.39, 0.29) is 11.0 Å². The van der Waals surface area contributed by atoms with Gasteiger partial charge in [0.15, 0.2) is 0 Å². The monoisotopic (exact) mass is 285 g/mol. The van der Waals surface area contributed by atoms with E-state index in [1.54, 1.807) is 0 Å². The van der Waals surface area contributed by atoms with Crippen LogP contribution in [0.1, 0.15) is 34.6 Å². The maximum absolute atomic E-state index is 6.00. The van der Waals surface area contributed by atoms with Crippen LogP contribution < -0.4 is 10.1 Å². The Hall–Kier alpha value is -1.54. The van der Waals surface area contributed by atoms with Crippen molar-refractivity contribution in [3.63, 3.8) is 0 Å². The van der Waals surface area contributed by atoms with E-state index in [1.807, 2.05) is 0 Å². The smallest absolute Gasteiger partial charge is 0.119 e. The summed E-state index contributed by atoms with van der Waals surface area (Å²) in [7, 11) is 0. The highest BCUT2D eigenvalue weighted by molar-refractivity contribution is 5.83. The van der Waals surface area contributed by atoms with Gasteiger partial charge in [0.2, 0.25) is 0 Å². The summed E-state index contributed by atoms with van der Waals surface area (Å²) in [5.74, 6) is 0.942. The molecule has 0 saturated carbocycles. The van der Waals surface area contributed by atoms with Crippen molar-refractivity contribution in [2.24, 2.45) is 5.41 Å². The normalized spacial score (nSPS) is 12.6. The van der Waals surface area contributed by atoms with Crippen molar-refractivity contribution in [2.45, 2.75) is 40.2 Å². The van der Waals surface area contributed by atoms with Crippen LogP contribution in [0.15, 0.2) is 42.5 Å². The Morgan fingerprint density at radius 3 is 2.24 bits per heavy atom. The van der Waals surface area contributed by atoms with E-state index in [0.29, 0.717) is 6.61 Å². The first kappa shape index (κ1) is 15.8. The second-order valence-corrected chi connectivity index (χ2v) is 7.57. The maximum atomic E-state index is 6.00. The topological polar surface area (TPSA) is 21.3 Å². The summed E-state index contributed by atoms with van der Waals surface area (Å²) in [6.07, 6.45) is 0. The maximum Gasteiger partial charge on any atom is 0.119 e. The summed E-state index contributed by atoms with van der Waals surface area (Å²) >= 11 is 0. The molecule has 0 atom stereocenters. The highest BCUT2D eigenvalue weighted by Crippen LogP contribution is 2.23. The molecule has 2 rings (SSSR count). The van der Waals surface area contributed by atoms with Crippen LogP contribution in [0.25, 0.3) is 10.8 Å². The summed E-state index contributed by atoms with van der Waals surface area (Å²) in [4.78, 5) is 0. The van der Waals surface area contributed by atoms with Crippen LogP contribution in [-0.4, -0.2) is 18.7 Å². The molecule has 0 bridgehead atoms. The Kier molecular flexibility index (Phi) is 4.58. The van der Waals surface area contributed by atoms with Gasteiger partial charge < -0.3 is 10.1 Å². The van der Waals surface area contributed by atoms with Crippen LogP contribution in [0.4, 0.5) is 0 Å². The van der Waals surface area contributed by atoms with Crippen LogP contribution in [0.2, 0.25) is 0 Å². The molecule has 0 heterocycles. The van der Waals surface area contributed by atoms with Crippen molar-refractivity contribution in [2.75, 3.05) is 13.2 Å². The first-order valence-corrected chi connectivity index (χ1v) is 7.62. The Morgan fingerprint density at radius 1 is 0.905 bits per heavy atom. The number of hydrogen-bond acceptors (Lipinski definition) is 2. The fourth-order valence-electron chi connectivity index (χ4n) is 2.09. The van der Waals surface area contributed by atoms with E-state index in [4.69, 9.17) is 4.74 Å². The molecular weight excluding hydrogens is 258 g/mol. The third kappa shape index (κ3) is 5.05. The van der Waals surface area contributed by atoms with Gasteiger partial charge in [0, 0.05) is 17.5 Å². The lowest BCUT2D eigenvalue weighted by Crippen LogP contribution is -2.43. The molecule has 0 unspecified atom stereocenters. The van der Waals surface area contributed by atoms with Gasteiger partial charge in [-0.05, 0) is 43.7 Å². The van der Waals surface area contributed by atoms with Crippen molar-refractivity contribution in [1.82, 2.24) is 5.32 Å². The first-order valence-electron chi connectivity index (χ1n) is 7.62. The molecular formula is C19H27NO. The molecule has 0 spiro atoms. The SMILES string of the molecule is CC(C)(CNC(C)(C)C)COc1ccc2ccccc2c1. The average Bonchev–Trinajstić information content (AvgIpc) is 2.42. The van der Waals surface area contributed by atoms with Gasteiger partial charge in [0.05, 0.1) is 6.61 Å². The highest BCUT2D eigenvalue weighted by atomic mass is 16.5. The lowest BCUT2D eigenvalue weighted by Gasteiger charge is -2.30. The zero-order valence-electron chi connectivity index (χ0n) is 13.9. The fourth-order valence-corrected chi connectivity index (χ4v) is 2.09. The average molecular weight is 285 g/mol.